The minimum atomic E-state index is -4.16. The lowest BCUT2D eigenvalue weighted by Crippen LogP contribution is -2.24. The molecule has 30 heavy (non-hydrogen) atoms. The van der Waals surface area contributed by atoms with Crippen molar-refractivity contribution in [2.45, 2.75) is 26.1 Å². The first-order valence-electron chi connectivity index (χ1n) is 9.10. The number of fused-ring (bicyclic) bond motifs is 2. The van der Waals surface area contributed by atoms with Gasteiger partial charge in [-0.3, -0.25) is 0 Å². The van der Waals surface area contributed by atoms with Crippen LogP contribution in [0.2, 0.25) is 5.02 Å². The van der Waals surface area contributed by atoms with Gasteiger partial charge in [0.1, 0.15) is 0 Å². The summed E-state index contributed by atoms with van der Waals surface area (Å²) in [7, 11) is -4.16. The molecule has 1 N–H and O–H groups in total. The Kier molecular flexibility index (Phi) is 5.35. The highest BCUT2D eigenvalue weighted by molar-refractivity contribution is 7.93. The molecule has 158 valence electrons. The predicted molar refractivity (Wildman–Crippen MR) is 109 cm³/mol. The first-order chi connectivity index (χ1) is 14.3. The molecule has 1 atom stereocenters. The molecule has 4 rings (SSSR count). The summed E-state index contributed by atoms with van der Waals surface area (Å²) in [6, 6.07) is 6.37. The average Bonchev–Trinajstić information content (AvgIpc) is 3.09. The van der Waals surface area contributed by atoms with Crippen LogP contribution >= 0.6 is 11.6 Å². The van der Waals surface area contributed by atoms with Gasteiger partial charge in [-0.1, -0.05) is 11.6 Å². The number of halogens is 1. The molecule has 8 nitrogen and oxygen atoms in total. The van der Waals surface area contributed by atoms with Crippen molar-refractivity contribution in [3.05, 3.63) is 69.8 Å². The van der Waals surface area contributed by atoms with Gasteiger partial charge in [0.2, 0.25) is 5.09 Å². The average molecular weight is 452 g/mol. The molecule has 2 aliphatic rings. The highest BCUT2D eigenvalue weighted by Crippen LogP contribution is 2.33. The van der Waals surface area contributed by atoms with Gasteiger partial charge >= 0.3 is 16.0 Å². The highest BCUT2D eigenvalue weighted by atomic mass is 35.5. The Morgan fingerprint density at radius 3 is 2.87 bits per heavy atom. The SMILES string of the molecule is CC(OCc1cc2cc(Cl)ccc2n1S(=O)(=O)C1=CC=C2OCCC=C2O1)C(=O)O. The van der Waals surface area contributed by atoms with Crippen LogP contribution in [0.15, 0.2) is 59.1 Å². The van der Waals surface area contributed by atoms with Crippen LogP contribution in [0.4, 0.5) is 0 Å². The molecular weight excluding hydrogens is 434 g/mol. The Balaban J connectivity index is 1.80. The van der Waals surface area contributed by atoms with Crippen LogP contribution in [-0.4, -0.2) is 36.2 Å². The predicted octanol–water partition coefficient (Wildman–Crippen LogP) is 3.52. The van der Waals surface area contributed by atoms with Gasteiger partial charge in [-0.25, -0.2) is 8.77 Å². The van der Waals surface area contributed by atoms with E-state index in [1.807, 2.05) is 0 Å². The van der Waals surface area contributed by atoms with Gasteiger partial charge < -0.3 is 19.3 Å². The number of hydrogen-bond donors (Lipinski definition) is 1. The number of carboxylic acids is 1. The van der Waals surface area contributed by atoms with E-state index in [0.717, 1.165) is 3.97 Å². The van der Waals surface area contributed by atoms with E-state index in [2.05, 4.69) is 0 Å². The lowest BCUT2D eigenvalue weighted by Gasteiger charge is -2.23. The Labute approximate surface area is 177 Å². The Bertz CT molecular complexity index is 1220. The summed E-state index contributed by atoms with van der Waals surface area (Å²) in [6.45, 7) is 1.63. The van der Waals surface area contributed by atoms with Crippen LogP contribution in [0.3, 0.4) is 0 Å². The standard InChI is InChI=1S/C20H18ClNO7S/c1-12(20(23)24)28-11-15-10-13-9-14(21)4-5-16(13)22(15)30(25,26)19-7-6-17-18(29-19)3-2-8-27-17/h3-7,9-10,12H,2,8,11H2,1H3,(H,23,24). The summed E-state index contributed by atoms with van der Waals surface area (Å²) < 4.78 is 44.5. The first kappa shape index (κ1) is 20.5. The van der Waals surface area contributed by atoms with Crippen molar-refractivity contribution in [1.29, 1.82) is 0 Å². The summed E-state index contributed by atoms with van der Waals surface area (Å²) in [5, 5.41) is 9.79. The largest absolute Gasteiger partial charge is 0.489 e. The second kappa shape index (κ2) is 7.82. The second-order valence-corrected chi connectivity index (χ2v) is 8.88. The minimum Gasteiger partial charge on any atom is -0.489 e. The Morgan fingerprint density at radius 1 is 1.30 bits per heavy atom. The fourth-order valence-electron chi connectivity index (χ4n) is 3.15. The van der Waals surface area contributed by atoms with Crippen LogP contribution in [0.5, 0.6) is 0 Å². The van der Waals surface area contributed by atoms with E-state index < -0.39 is 22.1 Å². The molecule has 0 saturated carbocycles. The van der Waals surface area contributed by atoms with Crippen molar-refractivity contribution < 1.29 is 32.5 Å². The molecule has 0 saturated heterocycles. The van der Waals surface area contributed by atoms with Crippen molar-refractivity contribution in [3.8, 4) is 0 Å². The molecule has 3 heterocycles. The number of carboxylic acid groups (broad SMARTS) is 1. The van der Waals surface area contributed by atoms with E-state index in [0.29, 0.717) is 40.5 Å². The smallest absolute Gasteiger partial charge is 0.332 e. The van der Waals surface area contributed by atoms with E-state index in [1.165, 1.54) is 13.0 Å². The number of aliphatic carboxylic acids is 1. The van der Waals surface area contributed by atoms with Gasteiger partial charge in [-0.05, 0) is 49.4 Å². The molecule has 1 unspecified atom stereocenters. The summed E-state index contributed by atoms with van der Waals surface area (Å²) in [6.07, 6.45) is 4.15. The third-order valence-electron chi connectivity index (χ3n) is 4.64. The summed E-state index contributed by atoms with van der Waals surface area (Å²) >= 11 is 6.06. The minimum absolute atomic E-state index is 0.237. The van der Waals surface area contributed by atoms with E-state index in [-0.39, 0.29) is 17.4 Å². The lowest BCUT2D eigenvalue weighted by atomic mass is 10.2. The number of nitrogens with zero attached hydrogens (tertiary/aromatic N) is 1. The molecule has 0 amide bonds. The zero-order valence-electron chi connectivity index (χ0n) is 15.9. The van der Waals surface area contributed by atoms with Crippen LogP contribution in [0.25, 0.3) is 10.9 Å². The summed E-state index contributed by atoms with van der Waals surface area (Å²) in [5.41, 5.74) is 0.614. The lowest BCUT2D eigenvalue weighted by molar-refractivity contribution is -0.149. The topological polar surface area (TPSA) is 104 Å². The van der Waals surface area contributed by atoms with Crippen LogP contribution in [0, 0.1) is 0 Å². The Morgan fingerprint density at radius 2 is 2.10 bits per heavy atom. The van der Waals surface area contributed by atoms with E-state index in [1.54, 1.807) is 36.4 Å². The van der Waals surface area contributed by atoms with Crippen molar-refractivity contribution in [3.63, 3.8) is 0 Å². The van der Waals surface area contributed by atoms with E-state index >= 15 is 0 Å². The molecule has 0 bridgehead atoms. The van der Waals surface area contributed by atoms with Gasteiger partial charge in [0.25, 0.3) is 0 Å². The maximum Gasteiger partial charge on any atom is 0.332 e. The van der Waals surface area contributed by atoms with Crippen molar-refractivity contribution in [2.75, 3.05) is 6.61 Å². The van der Waals surface area contributed by atoms with Crippen molar-refractivity contribution in [1.82, 2.24) is 3.97 Å². The van der Waals surface area contributed by atoms with Crippen molar-refractivity contribution >= 4 is 38.5 Å². The zero-order valence-corrected chi connectivity index (χ0v) is 17.4. The number of benzene rings is 1. The number of aromatic nitrogens is 1. The second-order valence-electron chi connectivity index (χ2n) is 6.72. The van der Waals surface area contributed by atoms with Gasteiger partial charge in [0.15, 0.2) is 17.6 Å². The van der Waals surface area contributed by atoms with Gasteiger partial charge in [0.05, 0.1) is 24.4 Å². The van der Waals surface area contributed by atoms with E-state index in [4.69, 9.17) is 30.9 Å². The zero-order chi connectivity index (χ0) is 21.5. The molecular formula is C20H18ClNO7S. The molecule has 0 spiro atoms. The summed E-state index contributed by atoms with van der Waals surface area (Å²) in [5.74, 6) is -0.328. The van der Waals surface area contributed by atoms with Gasteiger partial charge in [0, 0.05) is 16.8 Å². The number of rotatable bonds is 6. The number of hydrogen-bond acceptors (Lipinski definition) is 6. The quantitative estimate of drug-likeness (QED) is 0.716. The molecule has 0 aliphatic carbocycles. The molecule has 1 aromatic carbocycles. The Hall–Kier alpha value is -2.75. The fourth-order valence-corrected chi connectivity index (χ4v) is 4.79. The summed E-state index contributed by atoms with van der Waals surface area (Å²) in [4.78, 5) is 11.1. The normalized spacial score (nSPS) is 17.2. The molecule has 0 radical (unpaired) electrons. The maximum atomic E-state index is 13.5. The maximum absolute atomic E-state index is 13.5. The van der Waals surface area contributed by atoms with Gasteiger partial charge in [-0.2, -0.15) is 8.42 Å². The van der Waals surface area contributed by atoms with Crippen LogP contribution < -0.4 is 0 Å². The molecule has 2 aliphatic heterocycles. The van der Waals surface area contributed by atoms with Crippen molar-refractivity contribution in [2.24, 2.45) is 0 Å². The fraction of sp³-hybridized carbons (Fsp3) is 0.250. The number of ether oxygens (including phenoxy) is 3. The number of carbonyl (C=O) groups is 1. The third kappa shape index (κ3) is 3.71. The monoisotopic (exact) mass is 451 g/mol. The highest BCUT2D eigenvalue weighted by Gasteiger charge is 2.31. The first-order valence-corrected chi connectivity index (χ1v) is 10.9. The molecule has 0 fully saturated rings. The van der Waals surface area contributed by atoms with Crippen LogP contribution in [-0.2, 0) is 35.6 Å². The molecule has 2 aromatic rings. The van der Waals surface area contributed by atoms with Crippen LogP contribution in [0.1, 0.15) is 19.0 Å². The molecule has 1 aromatic heterocycles. The molecule has 10 heteroatoms. The third-order valence-corrected chi connectivity index (χ3v) is 6.52. The van der Waals surface area contributed by atoms with Gasteiger partial charge in [-0.15, -0.1) is 0 Å². The number of allylic oxidation sites excluding steroid dienone is 2. The van der Waals surface area contributed by atoms with E-state index in [9.17, 15) is 13.2 Å².